The van der Waals surface area contributed by atoms with E-state index in [4.69, 9.17) is 27.9 Å². The van der Waals surface area contributed by atoms with Gasteiger partial charge in [-0.3, -0.25) is 4.79 Å². The molecule has 1 heterocycles. The maximum Gasteiger partial charge on any atom is 0.336 e. The molecular weight excluding hydrogens is 513 g/mol. The summed E-state index contributed by atoms with van der Waals surface area (Å²) in [6, 6.07) is 9.72. The highest BCUT2D eigenvalue weighted by Gasteiger charge is 2.43. The third kappa shape index (κ3) is 5.25. The quantitative estimate of drug-likeness (QED) is 0.309. The number of carbonyl (C=O) groups is 2. The zero-order valence-electron chi connectivity index (χ0n) is 21.5. The minimum Gasteiger partial charge on any atom is -0.466 e. The number of aryl methyl sites for hydroxylation is 2. The molecule has 0 aromatic heterocycles. The van der Waals surface area contributed by atoms with E-state index in [-0.39, 0.29) is 11.2 Å². The number of hydrogen-bond donors (Lipinski definition) is 1. The van der Waals surface area contributed by atoms with Gasteiger partial charge in [-0.25, -0.2) is 4.79 Å². The highest BCUT2D eigenvalue weighted by molar-refractivity contribution is 7.98. The number of dihydropyridines is 1. The molecule has 2 aliphatic rings. The lowest BCUT2D eigenvalue weighted by Gasteiger charge is -2.39. The number of rotatable bonds is 5. The van der Waals surface area contributed by atoms with Crippen LogP contribution in [0.15, 0.2) is 57.8 Å². The average Bonchev–Trinajstić information content (AvgIpc) is 2.78. The van der Waals surface area contributed by atoms with Crippen molar-refractivity contribution in [1.82, 2.24) is 5.32 Å². The fourth-order valence-corrected chi connectivity index (χ4v) is 6.81. The van der Waals surface area contributed by atoms with Crippen molar-refractivity contribution in [2.75, 3.05) is 7.11 Å². The average molecular weight is 545 g/mol. The second kappa shape index (κ2) is 10.3. The predicted octanol–water partition coefficient (Wildman–Crippen LogP) is 7.68. The van der Waals surface area contributed by atoms with Crippen LogP contribution in [0.5, 0.6) is 0 Å². The highest BCUT2D eigenvalue weighted by Crippen LogP contribution is 2.48. The Hall–Kier alpha value is -2.21. The molecule has 0 fully saturated rings. The number of Topliss-reactive ketones (excluding diaryl/α,β-unsaturated/α-hetero) is 1. The zero-order valence-corrected chi connectivity index (χ0v) is 23.8. The second-order valence-electron chi connectivity index (χ2n) is 10.4. The summed E-state index contributed by atoms with van der Waals surface area (Å²) in [6.45, 7) is 10.2. The summed E-state index contributed by atoms with van der Waals surface area (Å²) < 4.78 is 5.19. The van der Waals surface area contributed by atoms with Gasteiger partial charge in [0.15, 0.2) is 5.78 Å². The van der Waals surface area contributed by atoms with Crippen molar-refractivity contribution < 1.29 is 14.3 Å². The molecule has 0 amide bonds. The van der Waals surface area contributed by atoms with Crippen molar-refractivity contribution >= 4 is 46.7 Å². The molecular formula is C29H31Cl2NO3S. The van der Waals surface area contributed by atoms with E-state index in [2.05, 4.69) is 38.2 Å². The highest BCUT2D eigenvalue weighted by atomic mass is 35.5. The van der Waals surface area contributed by atoms with Crippen LogP contribution in [-0.4, -0.2) is 18.9 Å². The number of ether oxygens (including phenoxy) is 1. The number of halogens is 2. The Kier molecular flexibility index (Phi) is 7.66. The lowest BCUT2D eigenvalue weighted by molar-refractivity contribution is -0.136. The second-order valence-corrected chi connectivity index (χ2v) is 12.3. The van der Waals surface area contributed by atoms with Crippen LogP contribution in [0.1, 0.15) is 61.8 Å². The summed E-state index contributed by atoms with van der Waals surface area (Å²) >= 11 is 14.2. The first kappa shape index (κ1) is 26.8. The van der Waals surface area contributed by atoms with Gasteiger partial charge in [0.05, 0.1) is 17.7 Å². The summed E-state index contributed by atoms with van der Waals surface area (Å²) in [7, 11) is 1.38. The molecule has 1 aliphatic carbocycles. The first-order valence-electron chi connectivity index (χ1n) is 11.9. The van der Waals surface area contributed by atoms with Crippen LogP contribution in [0.4, 0.5) is 0 Å². The lowest BCUT2D eigenvalue weighted by Crippen LogP contribution is -2.38. The zero-order chi connectivity index (χ0) is 26.4. The van der Waals surface area contributed by atoms with Crippen molar-refractivity contribution in [1.29, 1.82) is 0 Å². The SMILES string of the molecule is COC(=O)C1=C(C)NC2=C(C(=O)CC(C)(C)C2)[C@@H]1c1cc(CSc2cc(Cl)ccc2Cl)c(C)cc1C. The number of thioether (sulfide) groups is 1. The number of hydrogen-bond acceptors (Lipinski definition) is 5. The van der Waals surface area contributed by atoms with Gasteiger partial charge < -0.3 is 10.1 Å². The summed E-state index contributed by atoms with van der Waals surface area (Å²) in [4.78, 5) is 27.5. The van der Waals surface area contributed by atoms with Gasteiger partial charge in [0.2, 0.25) is 0 Å². The monoisotopic (exact) mass is 543 g/mol. The molecule has 190 valence electrons. The number of esters is 1. The molecule has 0 radical (unpaired) electrons. The van der Waals surface area contributed by atoms with Crippen molar-refractivity contribution in [2.24, 2.45) is 5.41 Å². The first-order chi connectivity index (χ1) is 16.9. The van der Waals surface area contributed by atoms with E-state index >= 15 is 0 Å². The smallest absolute Gasteiger partial charge is 0.336 e. The van der Waals surface area contributed by atoms with E-state index in [9.17, 15) is 9.59 Å². The summed E-state index contributed by atoms with van der Waals surface area (Å²) in [5, 5.41) is 4.67. The molecule has 7 heteroatoms. The maximum atomic E-state index is 13.5. The third-order valence-corrected chi connectivity index (χ3v) is 8.74. The van der Waals surface area contributed by atoms with E-state index in [1.54, 1.807) is 23.9 Å². The minimum absolute atomic E-state index is 0.0780. The fraction of sp³-hybridized carbons (Fsp3) is 0.379. The lowest BCUT2D eigenvalue weighted by atomic mass is 9.68. The standard InChI is InChI=1S/C29H31Cl2NO3S/c1-15-9-16(2)20(10-18(15)14-36-24-11-19(30)7-8-21(24)31)26-25(28(34)35-6)17(3)32-22-12-29(4,5)13-23(33)27(22)26/h7-11,26,32H,12-14H2,1-6H3/t26-/m1/s1. The Labute approximate surface area is 227 Å². The van der Waals surface area contributed by atoms with Gasteiger partial charge in [-0.05, 0) is 73.1 Å². The van der Waals surface area contributed by atoms with Crippen LogP contribution in [0.2, 0.25) is 10.0 Å². The van der Waals surface area contributed by atoms with E-state index in [0.717, 1.165) is 45.0 Å². The molecule has 1 N–H and O–H groups in total. The van der Waals surface area contributed by atoms with Gasteiger partial charge in [-0.1, -0.05) is 49.2 Å². The van der Waals surface area contributed by atoms with Crippen LogP contribution in [0, 0.1) is 19.3 Å². The Balaban J connectivity index is 1.82. The number of ketones is 1. The molecule has 0 bridgehead atoms. The summed E-state index contributed by atoms with van der Waals surface area (Å²) in [6.07, 6.45) is 1.19. The molecule has 4 nitrogen and oxygen atoms in total. The molecule has 0 saturated heterocycles. The number of methoxy groups -OCH3 is 1. The molecule has 1 aliphatic heterocycles. The Morgan fingerprint density at radius 2 is 1.83 bits per heavy atom. The summed E-state index contributed by atoms with van der Waals surface area (Å²) in [5.74, 6) is -0.144. The van der Waals surface area contributed by atoms with Gasteiger partial charge in [0.25, 0.3) is 0 Å². The summed E-state index contributed by atoms with van der Waals surface area (Å²) in [5.41, 5.74) is 6.92. The minimum atomic E-state index is -0.476. The Bertz CT molecular complexity index is 1330. The maximum absolute atomic E-state index is 13.5. The van der Waals surface area contributed by atoms with E-state index in [1.807, 2.05) is 19.9 Å². The van der Waals surface area contributed by atoms with Crippen LogP contribution >= 0.6 is 35.0 Å². The van der Waals surface area contributed by atoms with Crippen LogP contribution in [0.25, 0.3) is 0 Å². The predicted molar refractivity (Wildman–Crippen MR) is 148 cm³/mol. The molecule has 2 aromatic carbocycles. The van der Waals surface area contributed by atoms with Crippen molar-refractivity contribution in [3.8, 4) is 0 Å². The molecule has 4 rings (SSSR count). The van der Waals surface area contributed by atoms with Gasteiger partial charge in [-0.2, -0.15) is 0 Å². The van der Waals surface area contributed by atoms with E-state index in [0.29, 0.717) is 33.4 Å². The molecule has 36 heavy (non-hydrogen) atoms. The molecule has 0 unspecified atom stereocenters. The molecule has 0 saturated carbocycles. The number of carbonyl (C=O) groups excluding carboxylic acids is 2. The van der Waals surface area contributed by atoms with E-state index in [1.165, 1.54) is 7.11 Å². The molecule has 0 spiro atoms. The van der Waals surface area contributed by atoms with Crippen molar-refractivity contribution in [3.05, 3.63) is 85.2 Å². The van der Waals surface area contributed by atoms with Crippen LogP contribution in [0.3, 0.4) is 0 Å². The van der Waals surface area contributed by atoms with Gasteiger partial charge >= 0.3 is 5.97 Å². The normalized spacial score (nSPS) is 19.2. The Morgan fingerprint density at radius 3 is 2.53 bits per heavy atom. The van der Waals surface area contributed by atoms with E-state index < -0.39 is 11.9 Å². The number of benzene rings is 2. The van der Waals surface area contributed by atoms with Crippen molar-refractivity contribution in [3.63, 3.8) is 0 Å². The van der Waals surface area contributed by atoms with Gasteiger partial charge in [-0.15, -0.1) is 11.8 Å². The van der Waals surface area contributed by atoms with Crippen LogP contribution in [-0.2, 0) is 20.1 Å². The fourth-order valence-electron chi connectivity index (χ4n) is 5.25. The molecule has 1 atom stereocenters. The number of nitrogens with one attached hydrogen (secondary N) is 1. The topological polar surface area (TPSA) is 55.4 Å². The first-order valence-corrected chi connectivity index (χ1v) is 13.7. The van der Waals surface area contributed by atoms with Gasteiger partial charge in [0, 0.05) is 45.0 Å². The third-order valence-electron chi connectivity index (χ3n) is 6.96. The van der Waals surface area contributed by atoms with Gasteiger partial charge in [0.1, 0.15) is 0 Å². The van der Waals surface area contributed by atoms with Crippen LogP contribution < -0.4 is 5.32 Å². The Morgan fingerprint density at radius 1 is 1.11 bits per heavy atom. The molecule has 2 aromatic rings. The largest absolute Gasteiger partial charge is 0.466 e. The number of allylic oxidation sites excluding steroid dienone is 3. The van der Waals surface area contributed by atoms with Crippen molar-refractivity contribution in [2.45, 2.75) is 64.0 Å².